The Balaban J connectivity index is 1.73. The van der Waals surface area contributed by atoms with Crippen molar-refractivity contribution in [2.45, 2.75) is 26.5 Å². The number of rotatable bonds is 7. The Kier molecular flexibility index (Phi) is 6.37. The van der Waals surface area contributed by atoms with Gasteiger partial charge < -0.3 is 14.8 Å². The molecule has 0 bridgehead atoms. The fourth-order valence-electron chi connectivity index (χ4n) is 2.06. The first-order valence-corrected chi connectivity index (χ1v) is 7.76. The first kappa shape index (κ1) is 17.5. The van der Waals surface area contributed by atoms with Gasteiger partial charge in [-0.1, -0.05) is 42.5 Å². The number of nitrogens with one attached hydrogen (secondary N) is 1. The van der Waals surface area contributed by atoms with E-state index < -0.39 is 12.1 Å². The Bertz CT molecular complexity index is 685. The van der Waals surface area contributed by atoms with Crippen molar-refractivity contribution in [3.63, 3.8) is 0 Å². The van der Waals surface area contributed by atoms with Gasteiger partial charge in [-0.2, -0.15) is 0 Å². The molecule has 1 amide bonds. The predicted octanol–water partition coefficient (Wildman–Crippen LogP) is 2.62. The molecule has 0 saturated carbocycles. The van der Waals surface area contributed by atoms with Gasteiger partial charge in [-0.15, -0.1) is 0 Å². The summed E-state index contributed by atoms with van der Waals surface area (Å²) in [7, 11) is 0. The molecule has 0 fully saturated rings. The molecule has 0 spiro atoms. The standard InChI is InChI=1S/C19H21NO4/c1-14-8-6-7-9-16(14)12-20-18(21)13-23-19(22)15(2)24-17-10-4-3-5-11-17/h3-11,15H,12-13H2,1-2H3,(H,20,21)/t15-/m1/s1. The Morgan fingerprint density at radius 1 is 1.04 bits per heavy atom. The average Bonchev–Trinajstić information content (AvgIpc) is 2.59. The number of carbonyl (C=O) groups excluding carboxylic acids is 2. The van der Waals surface area contributed by atoms with Gasteiger partial charge in [-0.05, 0) is 37.1 Å². The van der Waals surface area contributed by atoms with E-state index in [1.165, 1.54) is 0 Å². The van der Waals surface area contributed by atoms with Gasteiger partial charge in [0, 0.05) is 6.54 Å². The molecule has 0 saturated heterocycles. The highest BCUT2D eigenvalue weighted by Crippen LogP contribution is 2.11. The average molecular weight is 327 g/mol. The molecule has 2 aromatic rings. The smallest absolute Gasteiger partial charge is 0.347 e. The third-order valence-corrected chi connectivity index (χ3v) is 3.47. The Morgan fingerprint density at radius 2 is 1.71 bits per heavy atom. The Labute approximate surface area is 141 Å². The van der Waals surface area contributed by atoms with Crippen molar-refractivity contribution in [1.82, 2.24) is 5.32 Å². The zero-order chi connectivity index (χ0) is 17.4. The van der Waals surface area contributed by atoms with Gasteiger partial charge in [0.2, 0.25) is 0 Å². The quantitative estimate of drug-likeness (QED) is 0.794. The molecule has 126 valence electrons. The van der Waals surface area contributed by atoms with E-state index in [1.807, 2.05) is 49.4 Å². The monoisotopic (exact) mass is 327 g/mol. The molecular weight excluding hydrogens is 306 g/mol. The summed E-state index contributed by atoms with van der Waals surface area (Å²) in [6.07, 6.45) is -0.781. The molecule has 0 aromatic heterocycles. The van der Waals surface area contributed by atoms with Crippen molar-refractivity contribution in [1.29, 1.82) is 0 Å². The summed E-state index contributed by atoms with van der Waals surface area (Å²) in [5.74, 6) is -0.352. The number of hydrogen-bond donors (Lipinski definition) is 1. The maximum Gasteiger partial charge on any atom is 0.347 e. The van der Waals surface area contributed by atoms with Crippen LogP contribution in [0.5, 0.6) is 5.75 Å². The van der Waals surface area contributed by atoms with Gasteiger partial charge >= 0.3 is 5.97 Å². The lowest BCUT2D eigenvalue weighted by molar-refractivity contribution is -0.154. The molecule has 0 heterocycles. The topological polar surface area (TPSA) is 64.6 Å². The molecule has 2 aromatic carbocycles. The first-order valence-electron chi connectivity index (χ1n) is 7.76. The van der Waals surface area contributed by atoms with Gasteiger partial charge in [0.25, 0.3) is 5.91 Å². The number of ether oxygens (including phenoxy) is 2. The second kappa shape index (κ2) is 8.72. The van der Waals surface area contributed by atoms with Crippen molar-refractivity contribution in [2.75, 3.05) is 6.61 Å². The van der Waals surface area contributed by atoms with Crippen molar-refractivity contribution >= 4 is 11.9 Å². The van der Waals surface area contributed by atoms with E-state index >= 15 is 0 Å². The summed E-state index contributed by atoms with van der Waals surface area (Å²) in [5, 5.41) is 2.73. The number of carbonyl (C=O) groups is 2. The van der Waals surface area contributed by atoms with Gasteiger partial charge in [-0.3, -0.25) is 4.79 Å². The molecule has 5 nitrogen and oxygen atoms in total. The van der Waals surface area contributed by atoms with Crippen LogP contribution in [0.25, 0.3) is 0 Å². The van der Waals surface area contributed by atoms with Crippen molar-refractivity contribution in [2.24, 2.45) is 0 Å². The largest absolute Gasteiger partial charge is 0.479 e. The third kappa shape index (κ3) is 5.43. The van der Waals surface area contributed by atoms with E-state index in [1.54, 1.807) is 19.1 Å². The predicted molar refractivity (Wildman–Crippen MR) is 90.5 cm³/mol. The molecule has 1 atom stereocenters. The van der Waals surface area contributed by atoms with E-state index in [-0.39, 0.29) is 12.5 Å². The van der Waals surface area contributed by atoms with Crippen molar-refractivity contribution in [3.05, 3.63) is 65.7 Å². The van der Waals surface area contributed by atoms with Crippen LogP contribution in [-0.4, -0.2) is 24.6 Å². The van der Waals surface area contributed by atoms with Crippen LogP contribution in [0.3, 0.4) is 0 Å². The SMILES string of the molecule is Cc1ccccc1CNC(=O)COC(=O)[C@@H](C)Oc1ccccc1. The Hall–Kier alpha value is -2.82. The maximum atomic E-state index is 11.9. The summed E-state index contributed by atoms with van der Waals surface area (Å²) >= 11 is 0. The highest BCUT2D eigenvalue weighted by atomic mass is 16.6. The minimum absolute atomic E-state index is 0.326. The summed E-state index contributed by atoms with van der Waals surface area (Å²) in [6, 6.07) is 16.7. The molecule has 0 radical (unpaired) electrons. The molecule has 0 aliphatic rings. The number of aryl methyl sites for hydroxylation is 1. The molecule has 24 heavy (non-hydrogen) atoms. The number of esters is 1. The van der Waals surface area contributed by atoms with Crippen LogP contribution in [0.1, 0.15) is 18.1 Å². The van der Waals surface area contributed by atoms with E-state index in [2.05, 4.69) is 5.32 Å². The zero-order valence-corrected chi connectivity index (χ0v) is 13.8. The van der Waals surface area contributed by atoms with Crippen LogP contribution in [-0.2, 0) is 20.9 Å². The van der Waals surface area contributed by atoms with Gasteiger partial charge in [0.15, 0.2) is 12.7 Å². The van der Waals surface area contributed by atoms with Crippen LogP contribution in [0.15, 0.2) is 54.6 Å². The second-order valence-electron chi connectivity index (χ2n) is 5.38. The maximum absolute atomic E-state index is 11.9. The van der Waals surface area contributed by atoms with Gasteiger partial charge in [-0.25, -0.2) is 4.79 Å². The molecule has 1 N–H and O–H groups in total. The minimum atomic E-state index is -0.781. The van der Waals surface area contributed by atoms with E-state index in [0.717, 1.165) is 11.1 Å². The van der Waals surface area contributed by atoms with E-state index in [0.29, 0.717) is 12.3 Å². The third-order valence-electron chi connectivity index (χ3n) is 3.47. The molecule has 5 heteroatoms. The lowest BCUT2D eigenvalue weighted by atomic mass is 10.1. The fourth-order valence-corrected chi connectivity index (χ4v) is 2.06. The summed E-state index contributed by atoms with van der Waals surface area (Å²) in [5.41, 5.74) is 2.12. The summed E-state index contributed by atoms with van der Waals surface area (Å²) < 4.78 is 10.4. The normalized spacial score (nSPS) is 11.4. The highest BCUT2D eigenvalue weighted by molar-refractivity contribution is 5.82. The minimum Gasteiger partial charge on any atom is -0.479 e. The van der Waals surface area contributed by atoms with Crippen LogP contribution < -0.4 is 10.1 Å². The van der Waals surface area contributed by atoms with E-state index in [4.69, 9.17) is 9.47 Å². The van der Waals surface area contributed by atoms with Crippen molar-refractivity contribution < 1.29 is 19.1 Å². The number of benzene rings is 2. The number of amides is 1. The number of para-hydroxylation sites is 1. The summed E-state index contributed by atoms with van der Waals surface area (Å²) in [4.78, 5) is 23.6. The van der Waals surface area contributed by atoms with Gasteiger partial charge in [0.05, 0.1) is 0 Å². The second-order valence-corrected chi connectivity index (χ2v) is 5.38. The van der Waals surface area contributed by atoms with Crippen LogP contribution in [0, 0.1) is 6.92 Å². The summed E-state index contributed by atoms with van der Waals surface area (Å²) in [6.45, 7) is 3.64. The highest BCUT2D eigenvalue weighted by Gasteiger charge is 2.17. The molecule has 2 rings (SSSR count). The first-order chi connectivity index (χ1) is 11.6. The fraction of sp³-hybridized carbons (Fsp3) is 0.263. The van der Waals surface area contributed by atoms with Gasteiger partial charge in [0.1, 0.15) is 5.75 Å². The van der Waals surface area contributed by atoms with Crippen LogP contribution >= 0.6 is 0 Å². The van der Waals surface area contributed by atoms with Crippen LogP contribution in [0.2, 0.25) is 0 Å². The Morgan fingerprint density at radius 3 is 2.42 bits per heavy atom. The van der Waals surface area contributed by atoms with Crippen LogP contribution in [0.4, 0.5) is 0 Å². The molecule has 0 aliphatic heterocycles. The molecule has 0 aliphatic carbocycles. The lowest BCUT2D eigenvalue weighted by Gasteiger charge is -2.14. The molecular formula is C19H21NO4. The lowest BCUT2D eigenvalue weighted by Crippen LogP contribution is -2.32. The van der Waals surface area contributed by atoms with Crippen molar-refractivity contribution in [3.8, 4) is 5.75 Å². The van der Waals surface area contributed by atoms with E-state index in [9.17, 15) is 9.59 Å². The zero-order valence-electron chi connectivity index (χ0n) is 13.8. The molecule has 0 unspecified atom stereocenters. The number of hydrogen-bond acceptors (Lipinski definition) is 4.